The van der Waals surface area contributed by atoms with E-state index >= 15 is 0 Å². The highest BCUT2D eigenvalue weighted by Crippen LogP contribution is 2.33. The molecule has 0 atom stereocenters. The minimum absolute atomic E-state index is 0.0718. The smallest absolute Gasteiger partial charge is 0.185 e. The predicted molar refractivity (Wildman–Crippen MR) is 98.6 cm³/mol. The number of ether oxygens (including phenoxy) is 3. The SMILES string of the molecule is COc1ccc(C(=O)/C=C/c2cc(I)c(OC)c(OC)c2)cc1. The van der Waals surface area contributed by atoms with E-state index in [1.807, 2.05) is 12.1 Å². The van der Waals surface area contributed by atoms with E-state index in [0.29, 0.717) is 17.1 Å². The molecule has 2 aromatic carbocycles. The van der Waals surface area contributed by atoms with Gasteiger partial charge in [0.2, 0.25) is 0 Å². The first-order chi connectivity index (χ1) is 11.1. The van der Waals surface area contributed by atoms with Crippen molar-refractivity contribution in [2.45, 2.75) is 0 Å². The van der Waals surface area contributed by atoms with Crippen LogP contribution in [0.3, 0.4) is 0 Å². The van der Waals surface area contributed by atoms with E-state index in [0.717, 1.165) is 14.9 Å². The first kappa shape index (κ1) is 17.3. The molecule has 0 aliphatic carbocycles. The fourth-order valence-corrected chi connectivity index (χ4v) is 2.90. The number of ketones is 1. The van der Waals surface area contributed by atoms with Crippen LogP contribution in [-0.2, 0) is 0 Å². The van der Waals surface area contributed by atoms with Gasteiger partial charge in [-0.05, 0) is 70.6 Å². The third kappa shape index (κ3) is 4.25. The zero-order chi connectivity index (χ0) is 16.8. The van der Waals surface area contributed by atoms with Crippen molar-refractivity contribution in [2.75, 3.05) is 21.3 Å². The van der Waals surface area contributed by atoms with Crippen LogP contribution in [0.5, 0.6) is 17.2 Å². The van der Waals surface area contributed by atoms with Crippen LogP contribution >= 0.6 is 22.6 Å². The third-order valence-corrected chi connectivity index (χ3v) is 4.06. The third-order valence-electron chi connectivity index (χ3n) is 3.26. The second-order valence-electron chi connectivity index (χ2n) is 4.66. The molecule has 2 aromatic rings. The Morgan fingerprint density at radius 2 is 1.70 bits per heavy atom. The van der Waals surface area contributed by atoms with Gasteiger partial charge in [0, 0.05) is 5.56 Å². The Labute approximate surface area is 149 Å². The Morgan fingerprint density at radius 3 is 2.26 bits per heavy atom. The van der Waals surface area contributed by atoms with Crippen molar-refractivity contribution < 1.29 is 19.0 Å². The molecule has 5 heteroatoms. The molecule has 0 aliphatic rings. The molecule has 0 bridgehead atoms. The van der Waals surface area contributed by atoms with Gasteiger partial charge in [-0.25, -0.2) is 0 Å². The maximum atomic E-state index is 12.2. The number of hydrogen-bond donors (Lipinski definition) is 0. The number of halogens is 1. The lowest BCUT2D eigenvalue weighted by Gasteiger charge is -2.10. The van der Waals surface area contributed by atoms with Gasteiger partial charge in [0.1, 0.15) is 5.75 Å². The molecule has 0 fully saturated rings. The number of carbonyl (C=O) groups excluding carboxylic acids is 1. The number of benzene rings is 2. The summed E-state index contributed by atoms with van der Waals surface area (Å²) in [4.78, 5) is 12.2. The van der Waals surface area contributed by atoms with Crippen LogP contribution in [0.2, 0.25) is 0 Å². The van der Waals surface area contributed by atoms with Gasteiger partial charge < -0.3 is 14.2 Å². The van der Waals surface area contributed by atoms with E-state index in [1.54, 1.807) is 57.7 Å². The molecule has 0 aliphatic heterocycles. The molecule has 0 heterocycles. The number of methoxy groups -OCH3 is 3. The molecule has 0 radical (unpaired) electrons. The van der Waals surface area contributed by atoms with Crippen LogP contribution in [0.25, 0.3) is 6.08 Å². The van der Waals surface area contributed by atoms with Gasteiger partial charge in [-0.1, -0.05) is 6.08 Å². The maximum Gasteiger partial charge on any atom is 0.185 e. The van der Waals surface area contributed by atoms with E-state index in [4.69, 9.17) is 14.2 Å². The summed E-state index contributed by atoms with van der Waals surface area (Å²) in [5.74, 6) is 1.97. The number of rotatable bonds is 6. The molecule has 0 saturated carbocycles. The van der Waals surface area contributed by atoms with Crippen molar-refractivity contribution in [1.82, 2.24) is 0 Å². The highest BCUT2D eigenvalue weighted by molar-refractivity contribution is 14.1. The summed E-state index contributed by atoms with van der Waals surface area (Å²) in [7, 11) is 4.78. The van der Waals surface area contributed by atoms with Crippen molar-refractivity contribution in [3.8, 4) is 17.2 Å². The van der Waals surface area contributed by atoms with Crippen molar-refractivity contribution in [3.63, 3.8) is 0 Å². The van der Waals surface area contributed by atoms with Gasteiger partial charge in [-0.2, -0.15) is 0 Å². The first-order valence-electron chi connectivity index (χ1n) is 6.87. The predicted octanol–water partition coefficient (Wildman–Crippen LogP) is 4.21. The van der Waals surface area contributed by atoms with Crippen molar-refractivity contribution in [1.29, 1.82) is 0 Å². The van der Waals surface area contributed by atoms with Gasteiger partial charge in [0.15, 0.2) is 17.3 Å². The Kier molecular flexibility index (Phi) is 6.04. The van der Waals surface area contributed by atoms with Crippen LogP contribution in [0.15, 0.2) is 42.5 Å². The summed E-state index contributed by atoms with van der Waals surface area (Å²) >= 11 is 2.17. The molecule has 0 amide bonds. The van der Waals surface area contributed by atoms with E-state index in [9.17, 15) is 4.79 Å². The number of allylic oxidation sites excluding steroid dienone is 1. The second-order valence-corrected chi connectivity index (χ2v) is 5.83. The van der Waals surface area contributed by atoms with Crippen LogP contribution in [-0.4, -0.2) is 27.1 Å². The molecule has 0 saturated heterocycles. The van der Waals surface area contributed by atoms with Gasteiger partial charge >= 0.3 is 0 Å². The highest BCUT2D eigenvalue weighted by Gasteiger charge is 2.09. The summed E-state index contributed by atoms with van der Waals surface area (Å²) in [5.41, 5.74) is 1.48. The largest absolute Gasteiger partial charge is 0.497 e. The lowest BCUT2D eigenvalue weighted by atomic mass is 10.1. The van der Waals surface area contributed by atoms with Crippen LogP contribution in [0, 0.1) is 3.57 Å². The topological polar surface area (TPSA) is 44.8 Å². The molecule has 4 nitrogen and oxygen atoms in total. The van der Waals surface area contributed by atoms with Crippen molar-refractivity contribution in [2.24, 2.45) is 0 Å². The first-order valence-corrected chi connectivity index (χ1v) is 7.95. The van der Waals surface area contributed by atoms with E-state index in [-0.39, 0.29) is 5.78 Å². The Bertz CT molecular complexity index is 721. The maximum absolute atomic E-state index is 12.2. The summed E-state index contributed by atoms with van der Waals surface area (Å²) in [6.07, 6.45) is 3.30. The molecule has 0 aromatic heterocycles. The zero-order valence-corrected chi connectivity index (χ0v) is 15.3. The average Bonchev–Trinajstić information content (AvgIpc) is 2.59. The normalized spacial score (nSPS) is 10.6. The molecule has 0 N–H and O–H groups in total. The lowest BCUT2D eigenvalue weighted by Crippen LogP contribution is -1.95. The molecule has 120 valence electrons. The van der Waals surface area contributed by atoms with Gasteiger partial charge in [-0.15, -0.1) is 0 Å². The minimum Gasteiger partial charge on any atom is -0.497 e. The Balaban J connectivity index is 2.21. The van der Waals surface area contributed by atoms with Gasteiger partial charge in [0.25, 0.3) is 0 Å². The fourth-order valence-electron chi connectivity index (χ4n) is 2.06. The molecular weight excluding hydrogens is 407 g/mol. The van der Waals surface area contributed by atoms with E-state index in [2.05, 4.69) is 22.6 Å². The Morgan fingerprint density at radius 1 is 1.00 bits per heavy atom. The molecule has 2 rings (SSSR count). The summed E-state index contributed by atoms with van der Waals surface area (Å²) in [6.45, 7) is 0. The minimum atomic E-state index is -0.0718. The molecule has 0 spiro atoms. The second kappa shape index (κ2) is 8.01. The number of carbonyl (C=O) groups is 1. The zero-order valence-electron chi connectivity index (χ0n) is 13.1. The fraction of sp³-hybridized carbons (Fsp3) is 0.167. The van der Waals surface area contributed by atoms with Crippen LogP contribution in [0.1, 0.15) is 15.9 Å². The number of hydrogen-bond acceptors (Lipinski definition) is 4. The Hall–Kier alpha value is -2.02. The lowest BCUT2D eigenvalue weighted by molar-refractivity contribution is 0.104. The van der Waals surface area contributed by atoms with Crippen LogP contribution in [0.4, 0.5) is 0 Å². The van der Waals surface area contributed by atoms with Crippen molar-refractivity contribution >= 4 is 34.5 Å². The van der Waals surface area contributed by atoms with E-state index < -0.39 is 0 Å². The molecule has 0 unspecified atom stereocenters. The van der Waals surface area contributed by atoms with E-state index in [1.165, 1.54) is 0 Å². The molecule has 23 heavy (non-hydrogen) atoms. The standard InChI is InChI=1S/C18H17IO4/c1-21-14-7-5-13(6-8-14)16(20)9-4-12-10-15(19)18(23-3)17(11-12)22-2/h4-11H,1-3H3/b9-4+. The monoisotopic (exact) mass is 424 g/mol. The van der Waals surface area contributed by atoms with Gasteiger partial charge in [0.05, 0.1) is 24.9 Å². The van der Waals surface area contributed by atoms with Gasteiger partial charge in [-0.3, -0.25) is 4.79 Å². The summed E-state index contributed by atoms with van der Waals surface area (Å²) in [5, 5.41) is 0. The van der Waals surface area contributed by atoms with Crippen molar-refractivity contribution in [3.05, 3.63) is 57.2 Å². The summed E-state index contributed by atoms with van der Waals surface area (Å²) < 4.78 is 16.6. The summed E-state index contributed by atoms with van der Waals surface area (Å²) in [6, 6.07) is 10.8. The molecular formula is C18H17IO4. The quantitative estimate of drug-likeness (QED) is 0.396. The average molecular weight is 424 g/mol. The van der Waals surface area contributed by atoms with Crippen LogP contribution < -0.4 is 14.2 Å². The highest BCUT2D eigenvalue weighted by atomic mass is 127.